The van der Waals surface area contributed by atoms with Crippen molar-refractivity contribution in [3.63, 3.8) is 0 Å². The number of hydrazone groups is 2. The van der Waals surface area contributed by atoms with E-state index in [4.69, 9.17) is 5.10 Å². The van der Waals surface area contributed by atoms with Gasteiger partial charge in [-0.1, -0.05) is 47.0 Å². The third-order valence-corrected chi connectivity index (χ3v) is 12.9. The van der Waals surface area contributed by atoms with Gasteiger partial charge in [0, 0.05) is 35.9 Å². The van der Waals surface area contributed by atoms with Crippen molar-refractivity contribution < 1.29 is 24.8 Å². The minimum Gasteiger partial charge on any atom is -0.393 e. The molecule has 0 heterocycles. The number of nitrogens with one attached hydrogen (secondary N) is 2. The average Bonchev–Trinajstić information content (AvgIpc) is 3.47. The fourth-order valence-corrected chi connectivity index (χ4v) is 9.85. The first-order valence-corrected chi connectivity index (χ1v) is 19.2. The van der Waals surface area contributed by atoms with Crippen LogP contribution in [0.2, 0.25) is 0 Å². The maximum Gasteiger partial charge on any atom is 0.301 e. The molecule has 298 valence electrons. The highest BCUT2D eigenvalue weighted by Gasteiger charge is 2.57. The monoisotopic (exact) mass is 764 g/mol. The van der Waals surface area contributed by atoms with Gasteiger partial charge in [0.15, 0.2) is 0 Å². The number of non-ortho nitro benzene ring substituents is 2. The standard InChI is InChI=1S/C38H52N8O9/c1-24(2)7-5-6-8-25-9-12-30-29(17-20-39-40-32-13-10-26(43(48)49)21-34(32)45(52)53)31(16-19-37(25,30)3)38(4)18-15-28(47)23-36(38)42-41-33-14-11-27(44(50)51)22-35(33)46(54)55/h10-11,13-14,20-22,24-25,28-31,40-41,47H,5-9,12,15-19,23H2,1-4H3/b39-20+,42-36+/t25?,28?,29?,30?,31?,37-,38-/m1/s1. The molecule has 0 aromatic heterocycles. The quantitative estimate of drug-likeness (QED) is 0.0629. The van der Waals surface area contributed by atoms with Crippen LogP contribution < -0.4 is 10.9 Å². The van der Waals surface area contributed by atoms with E-state index in [0.29, 0.717) is 42.7 Å². The second-order valence-corrected chi connectivity index (χ2v) is 16.4. The molecular formula is C38H52N8O9. The first kappa shape index (κ1) is 41.1. The minimum atomic E-state index is -0.695. The topological polar surface area (TPSA) is 242 Å². The predicted molar refractivity (Wildman–Crippen MR) is 209 cm³/mol. The number of anilines is 2. The summed E-state index contributed by atoms with van der Waals surface area (Å²) in [5, 5.41) is 66.2. The molecule has 17 heteroatoms. The number of rotatable bonds is 16. The van der Waals surface area contributed by atoms with Gasteiger partial charge in [-0.2, -0.15) is 10.2 Å². The van der Waals surface area contributed by atoms with Gasteiger partial charge in [0.05, 0.1) is 37.9 Å². The van der Waals surface area contributed by atoms with Gasteiger partial charge in [-0.15, -0.1) is 0 Å². The second-order valence-electron chi connectivity index (χ2n) is 16.4. The summed E-state index contributed by atoms with van der Waals surface area (Å²) in [6, 6.07) is 6.71. The number of nitrogens with zero attached hydrogens (tertiary/aromatic N) is 6. The lowest BCUT2D eigenvalue weighted by atomic mass is 9.50. The largest absolute Gasteiger partial charge is 0.393 e. The van der Waals surface area contributed by atoms with E-state index >= 15 is 0 Å². The van der Waals surface area contributed by atoms with E-state index in [1.54, 1.807) is 6.21 Å². The number of benzene rings is 2. The van der Waals surface area contributed by atoms with Gasteiger partial charge < -0.3 is 5.11 Å². The van der Waals surface area contributed by atoms with Crippen LogP contribution in [0.5, 0.6) is 0 Å². The molecule has 55 heavy (non-hydrogen) atoms. The molecular weight excluding hydrogens is 712 g/mol. The molecule has 0 bridgehead atoms. The number of aliphatic hydroxyl groups excluding tert-OH is 1. The molecule has 5 rings (SSSR count). The van der Waals surface area contributed by atoms with Gasteiger partial charge in [-0.3, -0.25) is 51.3 Å². The van der Waals surface area contributed by atoms with Crippen LogP contribution in [0.3, 0.4) is 0 Å². The summed E-state index contributed by atoms with van der Waals surface area (Å²) in [6.07, 6.45) is 11.9. The molecule has 0 aliphatic heterocycles. The van der Waals surface area contributed by atoms with Crippen molar-refractivity contribution >= 4 is 46.1 Å². The minimum absolute atomic E-state index is 0.00734. The fraction of sp³-hybridized carbons (Fsp3) is 0.632. The Labute approximate surface area is 319 Å². The number of hydrogen-bond donors (Lipinski definition) is 3. The van der Waals surface area contributed by atoms with Crippen LogP contribution in [0, 0.1) is 80.9 Å². The smallest absolute Gasteiger partial charge is 0.301 e. The molecule has 3 fully saturated rings. The van der Waals surface area contributed by atoms with Crippen LogP contribution in [-0.4, -0.2) is 42.8 Å². The molecule has 5 unspecified atom stereocenters. The van der Waals surface area contributed by atoms with Gasteiger partial charge in [0.1, 0.15) is 11.4 Å². The zero-order valence-corrected chi connectivity index (χ0v) is 31.9. The van der Waals surface area contributed by atoms with Gasteiger partial charge >= 0.3 is 11.4 Å². The highest BCUT2D eigenvalue weighted by molar-refractivity contribution is 5.92. The van der Waals surface area contributed by atoms with E-state index in [2.05, 4.69) is 43.6 Å². The number of nitro benzene ring substituents is 4. The molecule has 3 aliphatic carbocycles. The molecule has 3 N–H and O–H groups in total. The summed E-state index contributed by atoms with van der Waals surface area (Å²) in [4.78, 5) is 43.4. The van der Waals surface area contributed by atoms with E-state index < -0.39 is 54.0 Å². The Kier molecular flexibility index (Phi) is 12.8. The first-order chi connectivity index (χ1) is 26.0. The number of fused-ring (bicyclic) bond motifs is 1. The van der Waals surface area contributed by atoms with Crippen molar-refractivity contribution in [3.8, 4) is 0 Å². The number of nitro groups is 4. The summed E-state index contributed by atoms with van der Waals surface area (Å²) in [6.45, 7) is 9.08. The average molecular weight is 765 g/mol. The summed E-state index contributed by atoms with van der Waals surface area (Å²) in [5.41, 5.74) is 4.13. The van der Waals surface area contributed by atoms with Crippen LogP contribution in [0.4, 0.5) is 34.1 Å². The van der Waals surface area contributed by atoms with Crippen molar-refractivity contribution in [3.05, 3.63) is 76.9 Å². The lowest BCUT2D eigenvalue weighted by Crippen LogP contribution is -2.51. The molecule has 0 radical (unpaired) electrons. The predicted octanol–water partition coefficient (Wildman–Crippen LogP) is 9.40. The summed E-state index contributed by atoms with van der Waals surface area (Å²) < 4.78 is 0. The van der Waals surface area contributed by atoms with E-state index in [1.165, 1.54) is 49.9 Å². The lowest BCUT2D eigenvalue weighted by molar-refractivity contribution is -0.393. The Morgan fingerprint density at radius 1 is 0.818 bits per heavy atom. The molecule has 3 saturated carbocycles. The third-order valence-electron chi connectivity index (χ3n) is 12.9. The zero-order valence-electron chi connectivity index (χ0n) is 31.9. The zero-order chi connectivity index (χ0) is 40.1. The first-order valence-electron chi connectivity index (χ1n) is 19.2. The molecule has 17 nitrogen and oxygen atoms in total. The maximum absolute atomic E-state index is 11.9. The maximum atomic E-state index is 11.9. The van der Waals surface area contributed by atoms with Crippen LogP contribution in [0.25, 0.3) is 0 Å². The third kappa shape index (κ3) is 9.09. The second kappa shape index (κ2) is 17.2. The molecule has 0 saturated heterocycles. The summed E-state index contributed by atoms with van der Waals surface area (Å²) >= 11 is 0. The molecule has 7 atom stereocenters. The van der Waals surface area contributed by atoms with Crippen molar-refractivity contribution in [2.24, 2.45) is 50.6 Å². The highest BCUT2D eigenvalue weighted by atomic mass is 16.6. The van der Waals surface area contributed by atoms with Gasteiger partial charge in [-0.25, -0.2) is 0 Å². The van der Waals surface area contributed by atoms with Gasteiger partial charge in [-0.05, 0) is 98.5 Å². The van der Waals surface area contributed by atoms with Gasteiger partial charge in [0.25, 0.3) is 11.4 Å². The SMILES string of the molecule is CC(C)CCCCC1CCC2C(C/C=N/Nc3ccc([N+](=O)[O-])cc3[N+](=O)[O-])C([C@@]3(C)CCC(O)C/C3=N\Nc3ccc([N+](=O)[O-])cc3[N+](=O)[O-])CC[C@]12C. The Morgan fingerprint density at radius 2 is 1.44 bits per heavy atom. The van der Waals surface area contributed by atoms with Gasteiger partial charge in [0.2, 0.25) is 0 Å². The van der Waals surface area contributed by atoms with E-state index in [0.717, 1.165) is 37.8 Å². The molecule has 2 aromatic rings. The van der Waals surface area contributed by atoms with E-state index in [-0.39, 0.29) is 35.0 Å². The lowest BCUT2D eigenvalue weighted by Gasteiger charge is -2.55. The molecule has 0 amide bonds. The number of unbranched alkanes of at least 4 members (excludes halogenated alkanes) is 1. The van der Waals surface area contributed by atoms with Crippen molar-refractivity contribution in [2.75, 3.05) is 10.9 Å². The fourth-order valence-electron chi connectivity index (χ4n) is 9.85. The number of hydrogen-bond acceptors (Lipinski definition) is 13. The Bertz CT molecular complexity index is 1840. The van der Waals surface area contributed by atoms with Crippen LogP contribution >= 0.6 is 0 Å². The normalized spacial score (nSPS) is 28.6. The summed E-state index contributed by atoms with van der Waals surface area (Å²) in [5.74, 6) is 1.79. The van der Waals surface area contributed by atoms with E-state index in [9.17, 15) is 45.6 Å². The Hall–Kier alpha value is -5.06. The van der Waals surface area contributed by atoms with Crippen molar-refractivity contribution in [1.29, 1.82) is 0 Å². The number of aliphatic hydroxyl groups is 1. The van der Waals surface area contributed by atoms with Crippen LogP contribution in [-0.2, 0) is 0 Å². The molecule has 2 aromatic carbocycles. The molecule has 0 spiro atoms. The Morgan fingerprint density at radius 3 is 2.02 bits per heavy atom. The van der Waals surface area contributed by atoms with Crippen LogP contribution in [0.1, 0.15) is 105 Å². The highest BCUT2D eigenvalue weighted by Crippen LogP contribution is 2.64. The van der Waals surface area contributed by atoms with Crippen molar-refractivity contribution in [1.82, 2.24) is 0 Å². The van der Waals surface area contributed by atoms with Crippen LogP contribution in [0.15, 0.2) is 46.6 Å². The molecule has 3 aliphatic rings. The Balaban J connectivity index is 1.46. The van der Waals surface area contributed by atoms with E-state index in [1.807, 2.05) is 0 Å². The summed E-state index contributed by atoms with van der Waals surface area (Å²) in [7, 11) is 0. The van der Waals surface area contributed by atoms with Crippen molar-refractivity contribution in [2.45, 2.75) is 111 Å².